The van der Waals surface area contributed by atoms with Gasteiger partial charge in [0.1, 0.15) is 19.1 Å². The predicted octanol–water partition coefficient (Wildman–Crippen LogP) is 3.41. The summed E-state index contributed by atoms with van der Waals surface area (Å²) < 4.78 is 56.1. The molecule has 12 heteroatoms. The zero-order chi connectivity index (χ0) is 24.5. The van der Waals surface area contributed by atoms with Gasteiger partial charge in [-0.1, -0.05) is 40.6 Å². The van der Waals surface area contributed by atoms with Crippen LogP contribution in [0.25, 0.3) is 11.1 Å². The van der Waals surface area contributed by atoms with Crippen LogP contribution in [0.15, 0.2) is 73.7 Å². The Balaban J connectivity index is 1.85. The number of hydrogen-bond acceptors (Lipinski definition) is 7. The first-order valence-corrected chi connectivity index (χ1v) is 9.85. The number of hydrogen-bond donors (Lipinski definition) is 0. The molecule has 2 heterocycles. The van der Waals surface area contributed by atoms with Crippen molar-refractivity contribution in [2.75, 3.05) is 7.11 Å². The molecule has 0 fully saturated rings. The SMILES string of the molecule is COn1c(=O)on(C(OCc2cocn2)c2cc(C)ccc2-c2ccc(C(F)(F)F)cc2)c1=O. The third-order valence-electron chi connectivity index (χ3n) is 4.97. The summed E-state index contributed by atoms with van der Waals surface area (Å²) in [5.74, 6) is -1.08. The number of rotatable bonds is 7. The van der Waals surface area contributed by atoms with Gasteiger partial charge in [0.25, 0.3) is 0 Å². The van der Waals surface area contributed by atoms with Crippen molar-refractivity contribution < 1.29 is 31.7 Å². The summed E-state index contributed by atoms with van der Waals surface area (Å²) in [6.45, 7) is 1.66. The first kappa shape index (κ1) is 23.1. The van der Waals surface area contributed by atoms with Crippen molar-refractivity contribution in [3.05, 3.63) is 98.5 Å². The van der Waals surface area contributed by atoms with Crippen LogP contribution in [-0.2, 0) is 17.5 Å². The molecular formula is C22H18F3N3O6. The van der Waals surface area contributed by atoms with Crippen molar-refractivity contribution >= 4 is 0 Å². The Morgan fingerprint density at radius 2 is 1.85 bits per heavy atom. The maximum absolute atomic E-state index is 13.0. The van der Waals surface area contributed by atoms with Gasteiger partial charge in [-0.2, -0.15) is 13.2 Å². The van der Waals surface area contributed by atoms with Gasteiger partial charge in [-0.3, -0.25) is 0 Å². The summed E-state index contributed by atoms with van der Waals surface area (Å²) in [4.78, 5) is 33.6. The van der Waals surface area contributed by atoms with Crippen molar-refractivity contribution in [1.29, 1.82) is 0 Å². The van der Waals surface area contributed by atoms with E-state index in [2.05, 4.69) is 4.98 Å². The van der Waals surface area contributed by atoms with E-state index in [1.54, 1.807) is 25.1 Å². The van der Waals surface area contributed by atoms with Gasteiger partial charge >= 0.3 is 17.6 Å². The van der Waals surface area contributed by atoms with Gasteiger partial charge in [0.05, 0.1) is 12.2 Å². The van der Waals surface area contributed by atoms with Crippen molar-refractivity contribution in [1.82, 2.24) is 14.5 Å². The second kappa shape index (κ2) is 9.06. The number of nitrogens with zero attached hydrogens (tertiary/aromatic N) is 3. The fourth-order valence-corrected chi connectivity index (χ4v) is 3.37. The molecule has 0 radical (unpaired) electrons. The second-order valence-corrected chi connectivity index (χ2v) is 7.25. The molecule has 34 heavy (non-hydrogen) atoms. The molecule has 0 aliphatic rings. The second-order valence-electron chi connectivity index (χ2n) is 7.25. The molecule has 2 aromatic carbocycles. The predicted molar refractivity (Wildman–Crippen MR) is 111 cm³/mol. The standard InChI is InChI=1S/C22H18F3N3O6/c1-13-3-8-17(14-4-6-15(7-5-14)22(23,24)25)18(9-13)19(33-11-16-10-32-12-26-16)27-20(29)28(31-2)21(30)34-27/h3-10,12,19H,11H2,1-2H3. The highest BCUT2D eigenvalue weighted by molar-refractivity contribution is 5.68. The molecule has 178 valence electrons. The average molecular weight is 477 g/mol. The molecule has 9 nitrogen and oxygen atoms in total. The van der Waals surface area contributed by atoms with Gasteiger partial charge in [0.15, 0.2) is 12.6 Å². The van der Waals surface area contributed by atoms with Gasteiger partial charge in [-0.05, 0) is 30.2 Å². The lowest BCUT2D eigenvalue weighted by Crippen LogP contribution is -2.34. The fourth-order valence-electron chi connectivity index (χ4n) is 3.37. The first-order chi connectivity index (χ1) is 16.2. The number of alkyl halides is 3. The summed E-state index contributed by atoms with van der Waals surface area (Å²) in [5.41, 5.74) is 0.671. The van der Waals surface area contributed by atoms with Crippen molar-refractivity contribution in [3.8, 4) is 11.1 Å². The van der Waals surface area contributed by atoms with Crippen LogP contribution in [0.2, 0.25) is 0 Å². The number of ether oxygens (including phenoxy) is 1. The van der Waals surface area contributed by atoms with Crippen LogP contribution in [0.4, 0.5) is 13.2 Å². The lowest BCUT2D eigenvalue weighted by Gasteiger charge is -2.20. The lowest BCUT2D eigenvalue weighted by molar-refractivity contribution is -0.137. The molecular weight excluding hydrogens is 459 g/mol. The Morgan fingerprint density at radius 3 is 2.44 bits per heavy atom. The minimum Gasteiger partial charge on any atom is -0.451 e. The van der Waals surface area contributed by atoms with Crippen LogP contribution < -0.4 is 16.3 Å². The fraction of sp³-hybridized carbons (Fsp3) is 0.227. The Labute approximate surface area is 189 Å². The van der Waals surface area contributed by atoms with Crippen molar-refractivity contribution in [3.63, 3.8) is 0 Å². The molecule has 0 N–H and O–H groups in total. The molecule has 0 amide bonds. The van der Waals surface area contributed by atoms with E-state index in [1.165, 1.54) is 24.8 Å². The van der Waals surface area contributed by atoms with Gasteiger partial charge in [-0.25, -0.2) is 14.6 Å². The van der Waals surface area contributed by atoms with E-state index in [4.69, 9.17) is 18.5 Å². The smallest absolute Gasteiger partial charge is 0.451 e. The van der Waals surface area contributed by atoms with E-state index in [-0.39, 0.29) is 6.61 Å². The van der Waals surface area contributed by atoms with Crippen LogP contribution in [0.1, 0.15) is 28.6 Å². The Hall–Kier alpha value is -4.06. The van der Waals surface area contributed by atoms with E-state index >= 15 is 0 Å². The number of aryl methyl sites for hydroxylation is 1. The molecule has 0 saturated heterocycles. The Kier molecular flexibility index (Phi) is 6.16. The van der Waals surface area contributed by atoms with Gasteiger partial charge in [0, 0.05) is 5.56 Å². The minimum atomic E-state index is -4.49. The Morgan fingerprint density at radius 1 is 1.12 bits per heavy atom. The summed E-state index contributed by atoms with van der Waals surface area (Å²) in [6, 6.07) is 9.64. The highest BCUT2D eigenvalue weighted by atomic mass is 19.4. The van der Waals surface area contributed by atoms with E-state index in [1.807, 2.05) is 0 Å². The van der Waals surface area contributed by atoms with E-state index < -0.39 is 29.4 Å². The molecule has 1 atom stereocenters. The highest BCUT2D eigenvalue weighted by Crippen LogP contribution is 2.35. The monoisotopic (exact) mass is 477 g/mol. The molecule has 4 rings (SSSR count). The third kappa shape index (κ3) is 4.53. The van der Waals surface area contributed by atoms with Crippen molar-refractivity contribution in [2.45, 2.75) is 25.9 Å². The molecule has 0 aliphatic carbocycles. The largest absolute Gasteiger partial charge is 0.476 e. The summed E-state index contributed by atoms with van der Waals surface area (Å²) >= 11 is 0. The molecule has 0 bridgehead atoms. The maximum atomic E-state index is 13.0. The average Bonchev–Trinajstić information content (AvgIpc) is 3.41. The highest BCUT2D eigenvalue weighted by Gasteiger charge is 2.31. The van der Waals surface area contributed by atoms with Gasteiger partial charge in [-0.15, -0.1) is 4.74 Å². The van der Waals surface area contributed by atoms with Gasteiger partial charge in [0.2, 0.25) is 0 Å². The summed E-state index contributed by atoms with van der Waals surface area (Å²) in [6.07, 6.45) is -3.24. The maximum Gasteiger partial charge on any atom is 0.476 e. The van der Waals surface area contributed by atoms with E-state index in [9.17, 15) is 22.8 Å². The molecule has 0 aliphatic heterocycles. The quantitative estimate of drug-likeness (QED) is 0.402. The normalized spacial score (nSPS) is 12.6. The van der Waals surface area contributed by atoms with Crippen LogP contribution in [-0.4, -0.2) is 21.6 Å². The zero-order valence-electron chi connectivity index (χ0n) is 17.9. The molecule has 1 unspecified atom stereocenters. The number of halogens is 3. The van der Waals surface area contributed by atoms with Crippen LogP contribution in [0.5, 0.6) is 0 Å². The van der Waals surface area contributed by atoms with Crippen molar-refractivity contribution in [2.24, 2.45) is 0 Å². The first-order valence-electron chi connectivity index (χ1n) is 9.85. The lowest BCUT2D eigenvalue weighted by atomic mass is 9.96. The van der Waals surface area contributed by atoms with E-state index in [0.29, 0.717) is 31.9 Å². The third-order valence-corrected chi connectivity index (χ3v) is 4.97. The zero-order valence-corrected chi connectivity index (χ0v) is 17.9. The topological polar surface area (TPSA) is 102 Å². The minimum absolute atomic E-state index is 0.129. The van der Waals surface area contributed by atoms with Crippen LogP contribution in [0, 0.1) is 6.92 Å². The molecule has 0 spiro atoms. The number of oxazole rings is 1. The number of benzene rings is 2. The molecule has 4 aromatic rings. The van der Waals surface area contributed by atoms with Gasteiger partial charge < -0.3 is 18.5 Å². The summed E-state index contributed by atoms with van der Waals surface area (Å²) in [5, 5.41) is 0. The van der Waals surface area contributed by atoms with E-state index in [0.717, 1.165) is 24.8 Å². The summed E-state index contributed by atoms with van der Waals surface area (Å²) in [7, 11) is 1.12. The molecule has 0 saturated carbocycles. The number of aromatic nitrogens is 3. The van der Waals surface area contributed by atoms with Crippen LogP contribution >= 0.6 is 0 Å². The molecule has 2 aromatic heterocycles. The van der Waals surface area contributed by atoms with Crippen LogP contribution in [0.3, 0.4) is 0 Å². The Bertz CT molecular complexity index is 1390.